The lowest BCUT2D eigenvalue weighted by atomic mass is 10.1. The standard InChI is InChI=1S/C23H22FN3O3S2/c1-30-10-9-26(23(29)16-5-2-6-17(24)13-16)15-22(28)27-19(21-8-4-12-32-21)14-18(25-27)20-7-3-11-31-20/h2-8,11-13,19H,9-10,14-15H2,1H3/t19-/m0/s1. The molecule has 1 atom stereocenters. The summed E-state index contributed by atoms with van der Waals surface area (Å²) in [6.07, 6.45) is 0.614. The summed E-state index contributed by atoms with van der Waals surface area (Å²) in [5.41, 5.74) is 1.04. The van der Waals surface area contributed by atoms with E-state index in [0.717, 1.165) is 15.5 Å². The molecule has 9 heteroatoms. The van der Waals surface area contributed by atoms with Crippen LogP contribution in [0.5, 0.6) is 0 Å². The predicted molar refractivity (Wildman–Crippen MR) is 124 cm³/mol. The first-order valence-electron chi connectivity index (χ1n) is 10.1. The first-order valence-corrected chi connectivity index (χ1v) is 11.8. The summed E-state index contributed by atoms with van der Waals surface area (Å²) >= 11 is 3.15. The van der Waals surface area contributed by atoms with Gasteiger partial charge < -0.3 is 9.64 Å². The first kappa shape index (κ1) is 22.3. The molecule has 0 spiro atoms. The molecule has 1 aliphatic rings. The van der Waals surface area contributed by atoms with E-state index in [4.69, 9.17) is 4.74 Å². The molecule has 0 bridgehead atoms. The minimum Gasteiger partial charge on any atom is -0.383 e. The third-order valence-corrected chi connectivity index (χ3v) is 6.99. The summed E-state index contributed by atoms with van der Waals surface area (Å²) in [5.74, 6) is -1.23. The van der Waals surface area contributed by atoms with Crippen molar-refractivity contribution in [1.29, 1.82) is 0 Å². The number of rotatable bonds is 8. The molecule has 3 aromatic rings. The molecule has 32 heavy (non-hydrogen) atoms. The van der Waals surface area contributed by atoms with Crippen LogP contribution >= 0.6 is 22.7 Å². The summed E-state index contributed by atoms with van der Waals surface area (Å²) in [5, 5.41) is 10.1. The van der Waals surface area contributed by atoms with Crippen LogP contribution in [0.25, 0.3) is 0 Å². The largest absolute Gasteiger partial charge is 0.383 e. The molecule has 3 heterocycles. The Bertz CT molecular complexity index is 1100. The Kier molecular flexibility index (Phi) is 7.09. The number of methoxy groups -OCH3 is 1. The number of halogens is 1. The van der Waals surface area contributed by atoms with Gasteiger partial charge in [-0.05, 0) is 41.1 Å². The van der Waals surface area contributed by atoms with Crippen LogP contribution in [-0.2, 0) is 9.53 Å². The van der Waals surface area contributed by atoms with Gasteiger partial charge >= 0.3 is 0 Å². The molecule has 1 aromatic carbocycles. The first-order chi connectivity index (χ1) is 15.6. The van der Waals surface area contributed by atoms with Gasteiger partial charge in [0.15, 0.2) is 0 Å². The molecular weight excluding hydrogens is 449 g/mol. The van der Waals surface area contributed by atoms with Gasteiger partial charge in [0.05, 0.1) is 23.2 Å². The lowest BCUT2D eigenvalue weighted by Crippen LogP contribution is -2.42. The summed E-state index contributed by atoms with van der Waals surface area (Å²) in [6, 6.07) is 13.1. The lowest BCUT2D eigenvalue weighted by Gasteiger charge is -2.26. The molecule has 2 aromatic heterocycles. The number of amides is 2. The van der Waals surface area contributed by atoms with Gasteiger partial charge in [-0.3, -0.25) is 9.59 Å². The van der Waals surface area contributed by atoms with Crippen molar-refractivity contribution >= 4 is 40.2 Å². The van der Waals surface area contributed by atoms with Crippen molar-refractivity contribution < 1.29 is 18.7 Å². The van der Waals surface area contributed by atoms with E-state index in [2.05, 4.69) is 5.10 Å². The number of thiophene rings is 2. The zero-order chi connectivity index (χ0) is 22.5. The zero-order valence-electron chi connectivity index (χ0n) is 17.4. The van der Waals surface area contributed by atoms with Gasteiger partial charge in [0.2, 0.25) is 0 Å². The highest BCUT2D eigenvalue weighted by atomic mass is 32.1. The highest BCUT2D eigenvalue weighted by Crippen LogP contribution is 2.36. The molecule has 0 saturated carbocycles. The molecule has 0 N–H and O–H groups in total. The highest BCUT2D eigenvalue weighted by Gasteiger charge is 2.35. The van der Waals surface area contributed by atoms with Crippen molar-refractivity contribution in [3.63, 3.8) is 0 Å². The molecule has 166 valence electrons. The van der Waals surface area contributed by atoms with E-state index in [1.807, 2.05) is 35.0 Å². The summed E-state index contributed by atoms with van der Waals surface area (Å²) in [7, 11) is 1.53. The topological polar surface area (TPSA) is 62.2 Å². The molecule has 0 aliphatic carbocycles. The van der Waals surface area contributed by atoms with Crippen molar-refractivity contribution in [2.75, 3.05) is 26.8 Å². The van der Waals surface area contributed by atoms with Crippen LogP contribution in [0.2, 0.25) is 0 Å². The number of nitrogens with zero attached hydrogens (tertiary/aromatic N) is 3. The van der Waals surface area contributed by atoms with Crippen molar-refractivity contribution in [3.8, 4) is 0 Å². The van der Waals surface area contributed by atoms with Gasteiger partial charge in [-0.15, -0.1) is 22.7 Å². The Morgan fingerprint density at radius 2 is 2.00 bits per heavy atom. The molecule has 0 unspecified atom stereocenters. The van der Waals surface area contributed by atoms with Crippen molar-refractivity contribution in [3.05, 3.63) is 80.4 Å². The maximum atomic E-state index is 13.7. The predicted octanol–water partition coefficient (Wildman–Crippen LogP) is 4.42. The molecule has 0 radical (unpaired) electrons. The van der Waals surface area contributed by atoms with E-state index in [1.54, 1.807) is 22.7 Å². The van der Waals surface area contributed by atoms with Gasteiger partial charge in [0.1, 0.15) is 12.4 Å². The van der Waals surface area contributed by atoms with E-state index in [0.29, 0.717) is 6.42 Å². The third kappa shape index (κ3) is 4.95. The Morgan fingerprint density at radius 1 is 1.19 bits per heavy atom. The fourth-order valence-corrected chi connectivity index (χ4v) is 5.06. The molecule has 4 rings (SSSR count). The summed E-state index contributed by atoms with van der Waals surface area (Å²) in [6.45, 7) is 0.283. The van der Waals surface area contributed by atoms with Crippen molar-refractivity contribution in [1.82, 2.24) is 9.91 Å². The van der Waals surface area contributed by atoms with E-state index in [9.17, 15) is 14.0 Å². The second-order valence-electron chi connectivity index (χ2n) is 7.23. The van der Waals surface area contributed by atoms with Gasteiger partial charge in [0, 0.05) is 30.5 Å². The van der Waals surface area contributed by atoms with Gasteiger partial charge in [-0.25, -0.2) is 9.40 Å². The van der Waals surface area contributed by atoms with Gasteiger partial charge in [-0.1, -0.05) is 18.2 Å². The van der Waals surface area contributed by atoms with E-state index >= 15 is 0 Å². The quantitative estimate of drug-likeness (QED) is 0.489. The molecule has 1 aliphatic heterocycles. The number of hydrazone groups is 1. The minimum absolute atomic E-state index is 0.179. The summed E-state index contributed by atoms with van der Waals surface area (Å²) < 4.78 is 18.8. The van der Waals surface area contributed by atoms with Crippen molar-refractivity contribution in [2.45, 2.75) is 12.5 Å². The zero-order valence-corrected chi connectivity index (χ0v) is 19.1. The average Bonchev–Trinajstić information content (AvgIpc) is 3.56. The van der Waals surface area contributed by atoms with Crippen LogP contribution in [0.15, 0.2) is 64.4 Å². The van der Waals surface area contributed by atoms with Crippen LogP contribution in [0.4, 0.5) is 4.39 Å². The number of hydrogen-bond acceptors (Lipinski definition) is 6. The van der Waals surface area contributed by atoms with Crippen LogP contribution < -0.4 is 0 Å². The Hall–Kier alpha value is -2.88. The molecule has 0 saturated heterocycles. The molecule has 6 nitrogen and oxygen atoms in total. The molecule has 0 fully saturated rings. The van der Waals surface area contributed by atoms with Crippen LogP contribution in [0.1, 0.15) is 32.6 Å². The van der Waals surface area contributed by atoms with Crippen LogP contribution in [0, 0.1) is 5.82 Å². The normalized spacial score (nSPS) is 15.6. The fraction of sp³-hybridized carbons (Fsp3) is 0.261. The Labute approximate surface area is 193 Å². The molecular formula is C23H22FN3O3S2. The Morgan fingerprint density at radius 3 is 2.69 bits per heavy atom. The smallest absolute Gasteiger partial charge is 0.262 e. The fourth-order valence-electron chi connectivity index (χ4n) is 3.53. The second kappa shape index (κ2) is 10.2. The number of carbonyl (C=O) groups is 2. The molecule has 2 amide bonds. The van der Waals surface area contributed by atoms with Crippen LogP contribution in [-0.4, -0.2) is 54.2 Å². The monoisotopic (exact) mass is 471 g/mol. The third-order valence-electron chi connectivity index (χ3n) is 5.09. The second-order valence-corrected chi connectivity index (χ2v) is 9.15. The maximum Gasteiger partial charge on any atom is 0.262 e. The van der Waals surface area contributed by atoms with E-state index in [-0.39, 0.29) is 37.2 Å². The highest BCUT2D eigenvalue weighted by molar-refractivity contribution is 7.12. The number of benzene rings is 1. The average molecular weight is 472 g/mol. The van der Waals surface area contributed by atoms with E-state index < -0.39 is 11.7 Å². The van der Waals surface area contributed by atoms with Crippen LogP contribution in [0.3, 0.4) is 0 Å². The minimum atomic E-state index is -0.503. The number of hydrogen-bond donors (Lipinski definition) is 0. The van der Waals surface area contributed by atoms with Gasteiger partial charge in [-0.2, -0.15) is 5.10 Å². The van der Waals surface area contributed by atoms with Crippen molar-refractivity contribution in [2.24, 2.45) is 5.10 Å². The van der Waals surface area contributed by atoms with E-state index in [1.165, 1.54) is 41.3 Å². The lowest BCUT2D eigenvalue weighted by molar-refractivity contribution is -0.133. The van der Waals surface area contributed by atoms with Gasteiger partial charge in [0.25, 0.3) is 11.8 Å². The number of ether oxygens (including phenoxy) is 1. The SMILES string of the molecule is COCCN(CC(=O)N1N=C(c2cccs2)C[C@H]1c1cccs1)C(=O)c1cccc(F)c1. The Balaban J connectivity index is 1.58. The number of carbonyl (C=O) groups excluding carboxylic acids is 2. The summed E-state index contributed by atoms with van der Waals surface area (Å²) in [4.78, 5) is 29.8. The maximum absolute atomic E-state index is 13.7.